The van der Waals surface area contributed by atoms with Gasteiger partial charge in [0.25, 0.3) is 0 Å². The number of nitrogens with two attached hydrogens (primary N) is 2. The lowest BCUT2D eigenvalue weighted by Crippen LogP contribution is -2.34. The zero-order valence-electron chi connectivity index (χ0n) is 19.6. The number of ether oxygens (including phenoxy) is 2. The molecule has 1 fully saturated rings. The van der Waals surface area contributed by atoms with Crippen molar-refractivity contribution in [1.82, 2.24) is 19.9 Å². The molecular formula is C22H38N6O3. The van der Waals surface area contributed by atoms with Crippen LogP contribution in [0.4, 0.5) is 4.79 Å². The molecule has 0 aromatic carbocycles. The molecule has 1 aromatic rings. The standard InChI is InChI=1S/C22H38N6O3/c1-15(2)11-12-27(4)22(29)30-14-19(28(5)24)20(23)18-13-25-21(16(3)26-18)31-17-9-7-6-8-10-17/h13,15,17H,6-12,14,23-24H2,1-5H3/b20-19-. The number of hydrogen-bond acceptors (Lipinski definition) is 8. The second-order valence-corrected chi connectivity index (χ2v) is 8.65. The summed E-state index contributed by atoms with van der Waals surface area (Å²) >= 11 is 0. The fraction of sp³-hybridized carbons (Fsp3) is 0.682. The van der Waals surface area contributed by atoms with Gasteiger partial charge in [0.1, 0.15) is 24.1 Å². The fourth-order valence-electron chi connectivity index (χ4n) is 3.36. The Bertz CT molecular complexity index is 760. The summed E-state index contributed by atoms with van der Waals surface area (Å²) in [5, 5.41) is 1.33. The highest BCUT2D eigenvalue weighted by atomic mass is 16.6. The van der Waals surface area contributed by atoms with Gasteiger partial charge in [-0.1, -0.05) is 20.3 Å². The molecule has 31 heavy (non-hydrogen) atoms. The third-order valence-corrected chi connectivity index (χ3v) is 5.43. The van der Waals surface area contributed by atoms with Gasteiger partial charge in [0.05, 0.1) is 17.6 Å². The van der Waals surface area contributed by atoms with Crippen LogP contribution in [-0.2, 0) is 4.74 Å². The molecule has 1 amide bonds. The van der Waals surface area contributed by atoms with Crippen molar-refractivity contribution in [3.05, 3.63) is 23.3 Å². The van der Waals surface area contributed by atoms with Crippen LogP contribution < -0.4 is 16.3 Å². The lowest BCUT2D eigenvalue weighted by Gasteiger charge is -2.23. The second kappa shape index (κ2) is 11.7. The number of hydrazine groups is 1. The van der Waals surface area contributed by atoms with Gasteiger partial charge in [-0.3, -0.25) is 0 Å². The maximum Gasteiger partial charge on any atom is 0.409 e. The Morgan fingerprint density at radius 1 is 1.26 bits per heavy atom. The minimum absolute atomic E-state index is 0.0647. The molecule has 174 valence electrons. The first kappa shape index (κ1) is 24.7. The Morgan fingerprint density at radius 2 is 1.94 bits per heavy atom. The highest BCUT2D eigenvalue weighted by Gasteiger charge is 2.19. The van der Waals surface area contributed by atoms with E-state index in [4.69, 9.17) is 21.1 Å². The first-order valence-electron chi connectivity index (χ1n) is 11.0. The lowest BCUT2D eigenvalue weighted by molar-refractivity contribution is 0.112. The van der Waals surface area contributed by atoms with E-state index in [9.17, 15) is 4.79 Å². The van der Waals surface area contributed by atoms with Crippen LogP contribution in [0.1, 0.15) is 63.8 Å². The summed E-state index contributed by atoms with van der Waals surface area (Å²) in [6, 6.07) is 0. The summed E-state index contributed by atoms with van der Waals surface area (Å²) < 4.78 is 11.4. The summed E-state index contributed by atoms with van der Waals surface area (Å²) in [5.74, 6) is 6.98. The SMILES string of the molecule is Cc1nc(/C(N)=C(\COC(=O)N(C)CCC(C)C)N(C)N)cnc1OC1CCCCC1. The Balaban J connectivity index is 2.07. The molecule has 1 aliphatic rings. The molecule has 2 rings (SSSR count). The molecule has 1 aliphatic carbocycles. The van der Waals surface area contributed by atoms with Gasteiger partial charge in [-0.2, -0.15) is 0 Å². The fourth-order valence-corrected chi connectivity index (χ4v) is 3.36. The first-order valence-corrected chi connectivity index (χ1v) is 11.0. The number of aromatic nitrogens is 2. The zero-order chi connectivity index (χ0) is 23.0. The molecule has 1 heterocycles. The molecule has 9 nitrogen and oxygen atoms in total. The molecule has 1 aromatic heterocycles. The molecule has 9 heteroatoms. The van der Waals surface area contributed by atoms with Crippen molar-refractivity contribution in [3.8, 4) is 5.88 Å². The average Bonchev–Trinajstić information content (AvgIpc) is 2.73. The number of hydrogen-bond donors (Lipinski definition) is 2. The number of amides is 1. The van der Waals surface area contributed by atoms with E-state index in [0.29, 0.717) is 41.1 Å². The van der Waals surface area contributed by atoms with Crippen molar-refractivity contribution in [2.75, 3.05) is 27.2 Å². The molecule has 4 N–H and O–H groups in total. The Kier molecular flexibility index (Phi) is 9.36. The predicted octanol–water partition coefficient (Wildman–Crippen LogP) is 3.04. The Morgan fingerprint density at radius 3 is 2.52 bits per heavy atom. The van der Waals surface area contributed by atoms with Gasteiger partial charge < -0.3 is 25.1 Å². The number of likely N-dealkylation sites (N-methyl/N-ethyl adjacent to an activating group) is 1. The van der Waals surface area contributed by atoms with Crippen molar-refractivity contribution < 1.29 is 14.3 Å². The summed E-state index contributed by atoms with van der Waals surface area (Å²) in [6.45, 7) is 6.62. The molecule has 0 aliphatic heterocycles. The Hall–Kier alpha value is -2.55. The normalized spacial score (nSPS) is 15.5. The van der Waals surface area contributed by atoms with E-state index in [2.05, 4.69) is 23.8 Å². The van der Waals surface area contributed by atoms with E-state index < -0.39 is 6.09 Å². The van der Waals surface area contributed by atoms with Crippen molar-refractivity contribution in [2.24, 2.45) is 17.5 Å². The smallest absolute Gasteiger partial charge is 0.409 e. The van der Waals surface area contributed by atoms with Gasteiger partial charge in [0.15, 0.2) is 0 Å². The minimum Gasteiger partial charge on any atom is -0.473 e. The third kappa shape index (κ3) is 7.57. The average molecular weight is 435 g/mol. The van der Waals surface area contributed by atoms with Crippen LogP contribution in [0, 0.1) is 12.8 Å². The summed E-state index contributed by atoms with van der Waals surface area (Å²) in [7, 11) is 3.35. The molecule has 0 atom stereocenters. The highest BCUT2D eigenvalue weighted by Crippen LogP contribution is 2.24. The van der Waals surface area contributed by atoms with Crippen LogP contribution in [0.3, 0.4) is 0 Å². The zero-order valence-corrected chi connectivity index (χ0v) is 19.6. The Labute approximate surface area is 185 Å². The minimum atomic E-state index is -0.425. The van der Waals surface area contributed by atoms with E-state index in [0.717, 1.165) is 19.3 Å². The number of carbonyl (C=O) groups is 1. The number of carbonyl (C=O) groups excluding carboxylic acids is 1. The van der Waals surface area contributed by atoms with E-state index >= 15 is 0 Å². The topological polar surface area (TPSA) is 120 Å². The second-order valence-electron chi connectivity index (χ2n) is 8.65. The van der Waals surface area contributed by atoms with E-state index in [1.807, 2.05) is 6.92 Å². The van der Waals surface area contributed by atoms with Crippen molar-refractivity contribution in [2.45, 2.75) is 65.4 Å². The van der Waals surface area contributed by atoms with E-state index in [1.165, 1.54) is 24.3 Å². The van der Waals surface area contributed by atoms with Crippen molar-refractivity contribution >= 4 is 11.8 Å². The van der Waals surface area contributed by atoms with E-state index in [1.54, 1.807) is 25.2 Å². The number of aryl methyl sites for hydroxylation is 1. The maximum absolute atomic E-state index is 12.3. The number of nitrogens with zero attached hydrogens (tertiary/aromatic N) is 4. The van der Waals surface area contributed by atoms with Gasteiger partial charge in [-0.25, -0.2) is 20.6 Å². The van der Waals surface area contributed by atoms with Crippen molar-refractivity contribution in [3.63, 3.8) is 0 Å². The molecule has 1 saturated carbocycles. The van der Waals surface area contributed by atoms with E-state index in [-0.39, 0.29) is 12.7 Å². The monoisotopic (exact) mass is 434 g/mol. The molecule has 0 saturated heterocycles. The quantitative estimate of drug-likeness (QED) is 0.449. The first-order chi connectivity index (χ1) is 14.7. The molecular weight excluding hydrogens is 396 g/mol. The molecule has 0 radical (unpaired) electrons. The van der Waals surface area contributed by atoms with Gasteiger partial charge >= 0.3 is 6.09 Å². The van der Waals surface area contributed by atoms with Crippen LogP contribution in [0.2, 0.25) is 0 Å². The third-order valence-electron chi connectivity index (χ3n) is 5.43. The van der Waals surface area contributed by atoms with Crippen LogP contribution >= 0.6 is 0 Å². The largest absolute Gasteiger partial charge is 0.473 e. The number of rotatable bonds is 9. The van der Waals surface area contributed by atoms with Gasteiger partial charge in [0.2, 0.25) is 5.88 Å². The van der Waals surface area contributed by atoms with Crippen LogP contribution in [-0.4, -0.2) is 59.3 Å². The molecule has 0 bridgehead atoms. The molecule has 0 unspecified atom stereocenters. The van der Waals surface area contributed by atoms with Gasteiger partial charge in [-0.05, 0) is 44.9 Å². The predicted molar refractivity (Wildman–Crippen MR) is 121 cm³/mol. The van der Waals surface area contributed by atoms with Gasteiger partial charge in [-0.15, -0.1) is 0 Å². The van der Waals surface area contributed by atoms with Crippen molar-refractivity contribution in [1.29, 1.82) is 0 Å². The maximum atomic E-state index is 12.3. The van der Waals surface area contributed by atoms with Gasteiger partial charge in [0, 0.05) is 20.6 Å². The highest BCUT2D eigenvalue weighted by molar-refractivity contribution is 5.68. The summed E-state index contributed by atoms with van der Waals surface area (Å²) in [5.41, 5.74) is 8.19. The summed E-state index contributed by atoms with van der Waals surface area (Å²) in [6.07, 6.45) is 7.96. The summed E-state index contributed by atoms with van der Waals surface area (Å²) in [4.78, 5) is 22.8. The van der Waals surface area contributed by atoms with Crippen LogP contribution in [0.15, 0.2) is 11.9 Å². The van der Waals surface area contributed by atoms with Crippen LogP contribution in [0.25, 0.3) is 5.70 Å². The molecule has 0 spiro atoms. The van der Waals surface area contributed by atoms with Crippen LogP contribution in [0.5, 0.6) is 5.88 Å². The lowest BCUT2D eigenvalue weighted by atomic mass is 9.98.